The minimum atomic E-state index is -0.501. The van der Waals surface area contributed by atoms with Crippen molar-refractivity contribution in [1.82, 2.24) is 30.4 Å². The van der Waals surface area contributed by atoms with Gasteiger partial charge in [-0.3, -0.25) is 0 Å². The molecule has 1 N–H and O–H groups in total. The number of hydrogen-bond acceptors (Lipinski definition) is 6. The Hall–Kier alpha value is -2.31. The third kappa shape index (κ3) is 4.37. The molecule has 0 saturated heterocycles. The molecule has 24 heavy (non-hydrogen) atoms. The monoisotopic (exact) mass is 401 g/mol. The van der Waals surface area contributed by atoms with E-state index in [1.54, 1.807) is 24.3 Å². The number of nitrogens with zero attached hydrogens (tertiary/aromatic N) is 6. The van der Waals surface area contributed by atoms with Gasteiger partial charge in [0.05, 0.1) is 17.3 Å². The maximum Gasteiger partial charge on any atom is 0.365 e. The molecule has 0 saturated carbocycles. The molecule has 3 aromatic rings. The van der Waals surface area contributed by atoms with E-state index in [0.717, 1.165) is 4.68 Å². The quantitative estimate of drug-likeness (QED) is 0.685. The summed E-state index contributed by atoms with van der Waals surface area (Å²) in [6.45, 7) is 4.05. The minimum absolute atomic E-state index is 0. The van der Waals surface area contributed by atoms with Gasteiger partial charge >= 0.3 is 5.69 Å². The van der Waals surface area contributed by atoms with Gasteiger partial charge in [-0.15, -0.1) is 0 Å². The number of tetrazole rings is 1. The Kier molecular flexibility index (Phi) is 8.02. The van der Waals surface area contributed by atoms with Crippen LogP contribution in [0.4, 0.5) is 0 Å². The number of ether oxygens (including phenoxy) is 1. The summed E-state index contributed by atoms with van der Waals surface area (Å²) in [4.78, 5) is 11.6. The molecule has 0 aliphatic carbocycles. The molecule has 10 heteroatoms. The van der Waals surface area contributed by atoms with E-state index in [2.05, 4.69) is 31.8 Å². The molecular weight excluding hydrogens is 387 g/mol. The van der Waals surface area contributed by atoms with E-state index in [-0.39, 0.29) is 39.3 Å². The molecule has 2 aromatic heterocycles. The molecule has 0 bridgehead atoms. The van der Waals surface area contributed by atoms with Gasteiger partial charge in [0.1, 0.15) is 6.61 Å². The van der Waals surface area contributed by atoms with Crippen LogP contribution in [-0.4, -0.2) is 25.3 Å². The summed E-state index contributed by atoms with van der Waals surface area (Å²) < 4.78 is 6.52. The van der Waals surface area contributed by atoms with Crippen LogP contribution in [0.2, 0.25) is 0 Å². The zero-order chi connectivity index (χ0) is 16.7. The van der Waals surface area contributed by atoms with E-state index in [0.29, 0.717) is 22.7 Å². The molecule has 0 unspecified atom stereocenters. The van der Waals surface area contributed by atoms with Gasteiger partial charge in [0, 0.05) is 38.3 Å². The summed E-state index contributed by atoms with van der Waals surface area (Å²) in [5, 5.41) is 25.9. The zero-order valence-electron chi connectivity index (χ0n) is 13.2. The van der Waals surface area contributed by atoms with Crippen LogP contribution in [0.3, 0.4) is 0 Å². The largest absolute Gasteiger partial charge is 0.579 e. The summed E-state index contributed by atoms with van der Waals surface area (Å²) >= 11 is 0. The number of aromatic nitrogens is 6. The molecule has 1 radical (unpaired) electrons. The average Bonchev–Trinajstić information content (AvgIpc) is 3.26. The molecule has 3 rings (SSSR count). The molecule has 2 heterocycles. The normalized spacial score (nSPS) is 9.21. The van der Waals surface area contributed by atoms with Crippen LogP contribution in [0, 0.1) is 11.3 Å². The Morgan fingerprint density at radius 2 is 2.17 bits per heavy atom. The molecule has 0 fully saturated rings. The second-order valence-corrected chi connectivity index (χ2v) is 3.99. The van der Waals surface area contributed by atoms with Crippen molar-refractivity contribution in [3.63, 3.8) is 0 Å². The molecule has 0 spiro atoms. The molecule has 0 aliphatic heterocycles. The number of nitrogens with one attached hydrogen (secondary N) is 1. The maximum absolute atomic E-state index is 11.6. The standard InChI is InChI=1S/C12H9N7O2.C2H6.Y/c13-6-8-2-1-3-10(19-12(20)16-17-18-19)9(8)7-21-11-4-5-14-15-11;1-2;/h1-5H,7H2,(H2,14,15,16,18,20);1-2H3;/p-1. The summed E-state index contributed by atoms with van der Waals surface area (Å²) in [6.07, 6.45) is 1.49. The fraction of sp³-hybridized carbons (Fsp3) is 0.214. The van der Waals surface area contributed by atoms with Crippen LogP contribution < -0.4 is 15.5 Å². The Balaban J connectivity index is 0.000000925. The first-order valence-corrected chi connectivity index (χ1v) is 6.89. The van der Waals surface area contributed by atoms with E-state index >= 15 is 0 Å². The third-order valence-electron chi connectivity index (χ3n) is 2.78. The van der Waals surface area contributed by atoms with Crippen molar-refractivity contribution < 1.29 is 37.4 Å². The Labute approximate surface area is 162 Å². The van der Waals surface area contributed by atoms with E-state index in [4.69, 9.17) is 4.74 Å². The predicted molar refractivity (Wildman–Crippen MR) is 79.9 cm³/mol. The number of hydrogen-bond donors (Lipinski definition) is 1. The van der Waals surface area contributed by atoms with Crippen molar-refractivity contribution in [2.24, 2.45) is 0 Å². The van der Waals surface area contributed by atoms with E-state index < -0.39 is 5.69 Å². The maximum atomic E-state index is 11.6. The van der Waals surface area contributed by atoms with Crippen LogP contribution >= 0.6 is 0 Å². The fourth-order valence-electron chi connectivity index (χ4n) is 1.83. The van der Waals surface area contributed by atoms with Crippen molar-refractivity contribution >= 4 is 0 Å². The average molecular weight is 401 g/mol. The Morgan fingerprint density at radius 1 is 1.38 bits per heavy atom. The van der Waals surface area contributed by atoms with E-state index in [9.17, 15) is 10.1 Å². The summed E-state index contributed by atoms with van der Waals surface area (Å²) in [5.41, 5.74) is 0.813. The van der Waals surface area contributed by atoms with Crippen LogP contribution in [0.1, 0.15) is 25.0 Å². The third-order valence-corrected chi connectivity index (χ3v) is 2.78. The number of benzene rings is 1. The van der Waals surface area contributed by atoms with Gasteiger partial charge in [-0.2, -0.15) is 16.1 Å². The summed E-state index contributed by atoms with van der Waals surface area (Å²) in [6, 6.07) is 8.59. The van der Waals surface area contributed by atoms with Crippen molar-refractivity contribution in [3.05, 3.63) is 52.1 Å². The van der Waals surface area contributed by atoms with E-state index in [1.807, 2.05) is 13.8 Å². The van der Waals surface area contributed by atoms with Gasteiger partial charge in [-0.25, -0.2) is 9.89 Å². The predicted octanol–water partition coefficient (Wildman–Crippen LogP) is 0.782. The first kappa shape index (κ1) is 19.7. The Bertz CT molecular complexity index is 849. The zero-order valence-corrected chi connectivity index (χ0v) is 16.0. The second-order valence-electron chi connectivity index (χ2n) is 3.99. The SMILES string of the molecule is CC.N#Cc1cccc(-n2nn[nH]c2=O)c1COc1cc[n-]n1.[Y]. The Morgan fingerprint density at radius 3 is 2.75 bits per heavy atom. The summed E-state index contributed by atoms with van der Waals surface area (Å²) in [7, 11) is 0. The van der Waals surface area contributed by atoms with Gasteiger partial charge in [0.25, 0.3) is 0 Å². The molecule has 0 amide bonds. The molecule has 1 aromatic carbocycles. The number of rotatable bonds is 4. The fourth-order valence-corrected chi connectivity index (χ4v) is 1.83. The number of nitriles is 1. The van der Waals surface area contributed by atoms with E-state index in [1.165, 1.54) is 6.20 Å². The second kappa shape index (κ2) is 9.75. The van der Waals surface area contributed by atoms with Gasteiger partial charge in [0.2, 0.25) is 0 Å². The van der Waals surface area contributed by atoms with Gasteiger partial charge in [-0.05, 0) is 28.6 Å². The topological polar surface area (TPSA) is 124 Å². The van der Waals surface area contributed by atoms with Gasteiger partial charge in [0.15, 0.2) is 5.88 Å². The molecule has 0 atom stereocenters. The van der Waals surface area contributed by atoms with Gasteiger partial charge < -0.3 is 14.9 Å². The molecular formula is C14H14N7O2Y-. The van der Waals surface area contributed by atoms with Crippen molar-refractivity contribution in [2.45, 2.75) is 20.5 Å². The first-order chi connectivity index (χ1) is 11.3. The summed E-state index contributed by atoms with van der Waals surface area (Å²) in [5.74, 6) is 0.334. The number of aromatic amines is 1. The van der Waals surface area contributed by atoms with Crippen molar-refractivity contribution in [3.8, 4) is 17.6 Å². The van der Waals surface area contributed by atoms with Crippen LogP contribution in [-0.2, 0) is 39.3 Å². The van der Waals surface area contributed by atoms with Crippen LogP contribution in [0.5, 0.6) is 5.88 Å². The molecule has 121 valence electrons. The van der Waals surface area contributed by atoms with Crippen molar-refractivity contribution in [1.29, 1.82) is 5.26 Å². The molecule has 9 nitrogen and oxygen atoms in total. The molecule has 0 aliphatic rings. The smallest absolute Gasteiger partial charge is 0.365 e. The number of H-pyrrole nitrogens is 1. The van der Waals surface area contributed by atoms with Gasteiger partial charge in [-0.1, -0.05) is 19.9 Å². The minimum Gasteiger partial charge on any atom is -0.579 e. The van der Waals surface area contributed by atoms with Crippen molar-refractivity contribution in [2.75, 3.05) is 0 Å². The first-order valence-electron chi connectivity index (χ1n) is 6.89. The van der Waals surface area contributed by atoms with Crippen LogP contribution in [0.15, 0.2) is 35.3 Å². The van der Waals surface area contributed by atoms with Crippen LogP contribution in [0.25, 0.3) is 5.69 Å².